The van der Waals surface area contributed by atoms with E-state index in [1.54, 1.807) is 19.3 Å². The average molecular weight is 197 g/mol. The molecule has 4 aliphatic rings. The molecule has 0 nitrogen and oxygen atoms in total. The minimum atomic E-state index is 0.561. The highest BCUT2D eigenvalue weighted by atomic mass is 35.5. The van der Waals surface area contributed by atoms with Crippen LogP contribution in [0, 0.1) is 35.5 Å². The first-order chi connectivity index (χ1) is 6.34. The fraction of sp³-hybridized carbons (Fsp3) is 1.00. The number of rotatable bonds is 0. The summed E-state index contributed by atoms with van der Waals surface area (Å²) in [5.41, 5.74) is 0. The van der Waals surface area contributed by atoms with Gasteiger partial charge in [0.2, 0.25) is 0 Å². The number of hydrogen-bond donors (Lipinski definition) is 0. The standard InChI is InChI=1S/C12H17Cl/c13-10-5-8-4-9(10)12-7-2-1-6(3-7)11(8)12/h6-12H,1-5H2/t6-,7+,8-,9+,10+,11+,12-/m1/s1. The molecular weight excluding hydrogens is 180 g/mol. The smallest absolute Gasteiger partial charge is 0.0370 e. The van der Waals surface area contributed by atoms with Crippen molar-refractivity contribution in [2.75, 3.05) is 0 Å². The Hall–Kier alpha value is 0.290. The van der Waals surface area contributed by atoms with Crippen molar-refractivity contribution >= 4 is 11.6 Å². The van der Waals surface area contributed by atoms with Gasteiger partial charge in [-0.05, 0) is 67.6 Å². The van der Waals surface area contributed by atoms with Gasteiger partial charge in [0.1, 0.15) is 0 Å². The molecule has 0 amide bonds. The summed E-state index contributed by atoms with van der Waals surface area (Å²) in [6.07, 6.45) is 7.53. The molecule has 7 atom stereocenters. The Balaban J connectivity index is 1.75. The van der Waals surface area contributed by atoms with Gasteiger partial charge in [-0.15, -0.1) is 11.6 Å². The second-order valence-electron chi connectivity index (χ2n) is 5.90. The fourth-order valence-electron chi connectivity index (χ4n) is 5.48. The number of fused-ring (bicyclic) bond motifs is 9. The zero-order chi connectivity index (χ0) is 8.58. The maximum atomic E-state index is 6.41. The minimum absolute atomic E-state index is 0.561. The molecule has 0 spiro atoms. The highest BCUT2D eigenvalue weighted by Gasteiger charge is 2.61. The Kier molecular flexibility index (Phi) is 1.32. The fourth-order valence-corrected chi connectivity index (χ4v) is 5.98. The van der Waals surface area contributed by atoms with Gasteiger partial charge in [0.15, 0.2) is 0 Å². The Bertz CT molecular complexity index is 250. The van der Waals surface area contributed by atoms with Crippen LogP contribution in [0.2, 0.25) is 0 Å². The molecule has 1 heteroatoms. The van der Waals surface area contributed by atoms with Gasteiger partial charge in [0.25, 0.3) is 0 Å². The zero-order valence-corrected chi connectivity index (χ0v) is 8.71. The second kappa shape index (κ2) is 2.27. The van der Waals surface area contributed by atoms with E-state index >= 15 is 0 Å². The van der Waals surface area contributed by atoms with E-state index in [9.17, 15) is 0 Å². The van der Waals surface area contributed by atoms with Crippen molar-refractivity contribution < 1.29 is 0 Å². The molecule has 4 fully saturated rings. The molecule has 72 valence electrons. The van der Waals surface area contributed by atoms with Crippen LogP contribution >= 0.6 is 11.6 Å². The van der Waals surface area contributed by atoms with E-state index in [4.69, 9.17) is 11.6 Å². The Morgan fingerprint density at radius 3 is 2.38 bits per heavy atom. The van der Waals surface area contributed by atoms with Crippen LogP contribution in [0.4, 0.5) is 0 Å². The van der Waals surface area contributed by atoms with Gasteiger partial charge >= 0.3 is 0 Å². The van der Waals surface area contributed by atoms with Gasteiger partial charge in [-0.2, -0.15) is 0 Å². The first kappa shape index (κ1) is 7.56. The summed E-state index contributed by atoms with van der Waals surface area (Å²) in [7, 11) is 0. The van der Waals surface area contributed by atoms with E-state index in [0.29, 0.717) is 5.38 Å². The molecule has 0 heterocycles. The second-order valence-corrected chi connectivity index (χ2v) is 6.46. The molecule has 4 aliphatic carbocycles. The quantitative estimate of drug-likeness (QED) is 0.412. The van der Waals surface area contributed by atoms with Crippen LogP contribution in [-0.4, -0.2) is 5.38 Å². The summed E-state index contributed by atoms with van der Waals surface area (Å²) in [4.78, 5) is 0. The van der Waals surface area contributed by atoms with Crippen molar-refractivity contribution in [2.45, 2.75) is 37.5 Å². The van der Waals surface area contributed by atoms with Crippen molar-refractivity contribution in [3.8, 4) is 0 Å². The third-order valence-electron chi connectivity index (χ3n) is 5.65. The summed E-state index contributed by atoms with van der Waals surface area (Å²) in [6, 6.07) is 0. The monoisotopic (exact) mass is 196 g/mol. The van der Waals surface area contributed by atoms with Crippen molar-refractivity contribution in [1.29, 1.82) is 0 Å². The summed E-state index contributed by atoms with van der Waals surface area (Å²) in [6.45, 7) is 0. The van der Waals surface area contributed by atoms with E-state index in [1.165, 1.54) is 12.8 Å². The first-order valence-electron chi connectivity index (χ1n) is 5.98. The third-order valence-corrected chi connectivity index (χ3v) is 6.15. The lowest BCUT2D eigenvalue weighted by Crippen LogP contribution is -2.32. The van der Waals surface area contributed by atoms with Crippen LogP contribution in [-0.2, 0) is 0 Å². The van der Waals surface area contributed by atoms with Crippen LogP contribution in [0.15, 0.2) is 0 Å². The molecule has 4 rings (SSSR count). The maximum Gasteiger partial charge on any atom is 0.0370 e. The van der Waals surface area contributed by atoms with Crippen molar-refractivity contribution in [2.24, 2.45) is 35.5 Å². The Labute approximate surface area is 85.0 Å². The van der Waals surface area contributed by atoms with E-state index in [2.05, 4.69) is 0 Å². The zero-order valence-electron chi connectivity index (χ0n) is 7.95. The lowest BCUT2D eigenvalue weighted by Gasteiger charge is -2.36. The minimum Gasteiger partial charge on any atom is -0.123 e. The normalized spacial score (nSPS) is 67.6. The van der Waals surface area contributed by atoms with E-state index < -0.39 is 0 Å². The predicted molar refractivity (Wildman–Crippen MR) is 53.7 cm³/mol. The summed E-state index contributed by atoms with van der Waals surface area (Å²) in [5.74, 6) is 6.44. The van der Waals surface area contributed by atoms with Gasteiger partial charge in [0.05, 0.1) is 0 Å². The number of alkyl halides is 1. The largest absolute Gasteiger partial charge is 0.123 e. The first-order valence-corrected chi connectivity index (χ1v) is 6.42. The third kappa shape index (κ3) is 0.763. The van der Waals surface area contributed by atoms with Gasteiger partial charge in [-0.25, -0.2) is 0 Å². The molecule has 0 aromatic heterocycles. The molecule has 4 bridgehead atoms. The van der Waals surface area contributed by atoms with Gasteiger partial charge in [-0.3, -0.25) is 0 Å². The van der Waals surface area contributed by atoms with Crippen molar-refractivity contribution in [3.05, 3.63) is 0 Å². The average Bonchev–Trinajstić information content (AvgIpc) is 2.78. The van der Waals surface area contributed by atoms with E-state index in [0.717, 1.165) is 35.5 Å². The van der Waals surface area contributed by atoms with Crippen LogP contribution in [0.3, 0.4) is 0 Å². The molecule has 0 aromatic carbocycles. The number of hydrogen-bond acceptors (Lipinski definition) is 0. The molecule has 4 saturated carbocycles. The van der Waals surface area contributed by atoms with Gasteiger partial charge in [0, 0.05) is 5.38 Å². The van der Waals surface area contributed by atoms with E-state index in [-0.39, 0.29) is 0 Å². The van der Waals surface area contributed by atoms with Crippen LogP contribution in [0.1, 0.15) is 32.1 Å². The maximum absolute atomic E-state index is 6.41. The molecule has 0 aliphatic heterocycles. The molecule has 0 saturated heterocycles. The predicted octanol–water partition coefficient (Wildman–Crippen LogP) is 3.30. The molecule has 0 N–H and O–H groups in total. The molecule has 0 unspecified atom stereocenters. The lowest BCUT2D eigenvalue weighted by molar-refractivity contribution is 0.148. The SMILES string of the molecule is Cl[C@H]1C[C@H]2C[C@@H]1[C@H]1[C@H]3CC[C@H](C3)[C@@H]21. The number of halogens is 1. The van der Waals surface area contributed by atoms with Gasteiger partial charge in [-0.1, -0.05) is 0 Å². The molecule has 0 aromatic rings. The van der Waals surface area contributed by atoms with Crippen molar-refractivity contribution in [3.63, 3.8) is 0 Å². The molecular formula is C12H17Cl. The van der Waals surface area contributed by atoms with Crippen LogP contribution in [0.5, 0.6) is 0 Å². The molecule has 13 heavy (non-hydrogen) atoms. The summed E-state index contributed by atoms with van der Waals surface area (Å²) in [5, 5.41) is 0.561. The topological polar surface area (TPSA) is 0 Å². The van der Waals surface area contributed by atoms with Crippen molar-refractivity contribution in [1.82, 2.24) is 0 Å². The van der Waals surface area contributed by atoms with Crippen LogP contribution in [0.25, 0.3) is 0 Å². The Morgan fingerprint density at radius 2 is 1.54 bits per heavy atom. The van der Waals surface area contributed by atoms with E-state index in [1.807, 2.05) is 0 Å². The summed E-state index contributed by atoms with van der Waals surface area (Å²) >= 11 is 6.41. The lowest BCUT2D eigenvalue weighted by atomic mass is 9.71. The Morgan fingerprint density at radius 1 is 0.769 bits per heavy atom. The molecule has 0 radical (unpaired) electrons. The highest BCUT2D eigenvalue weighted by Crippen LogP contribution is 2.68. The highest BCUT2D eigenvalue weighted by molar-refractivity contribution is 6.21. The van der Waals surface area contributed by atoms with Gasteiger partial charge < -0.3 is 0 Å². The van der Waals surface area contributed by atoms with Crippen LogP contribution < -0.4 is 0 Å². The summed E-state index contributed by atoms with van der Waals surface area (Å²) < 4.78 is 0.